The molecule has 4 aliphatic rings. The van der Waals surface area contributed by atoms with E-state index in [0.29, 0.717) is 58.8 Å². The van der Waals surface area contributed by atoms with Crippen molar-refractivity contribution in [3.05, 3.63) is 25.3 Å². The molecule has 4 fully saturated rings. The Morgan fingerprint density at radius 1 is 1.12 bits per heavy atom. The van der Waals surface area contributed by atoms with Gasteiger partial charge in [0, 0.05) is 45.8 Å². The summed E-state index contributed by atoms with van der Waals surface area (Å²) >= 11 is 0. The summed E-state index contributed by atoms with van der Waals surface area (Å²) in [4.78, 5) is 50.2. The molecule has 6 atom stereocenters. The lowest BCUT2D eigenvalue weighted by Gasteiger charge is -2.40. The molecule has 4 heterocycles. The number of hydrogen-bond donors (Lipinski definition) is 1. The monoisotopic (exact) mass is 560 g/mol. The number of morpholine rings is 1. The van der Waals surface area contributed by atoms with Crippen molar-refractivity contribution in [1.29, 1.82) is 0 Å². The van der Waals surface area contributed by atoms with Crippen LogP contribution in [0.1, 0.15) is 40.0 Å². The van der Waals surface area contributed by atoms with Gasteiger partial charge in [-0.3, -0.25) is 19.3 Å². The molecule has 224 valence electrons. The van der Waals surface area contributed by atoms with E-state index in [1.165, 1.54) is 0 Å². The Bertz CT molecular complexity index is 952. The van der Waals surface area contributed by atoms with E-state index >= 15 is 0 Å². The first-order chi connectivity index (χ1) is 19.2. The van der Waals surface area contributed by atoms with Crippen LogP contribution in [0, 0.1) is 17.8 Å². The number of rotatable bonds is 14. The van der Waals surface area contributed by atoms with Crippen LogP contribution in [0.4, 0.5) is 0 Å². The van der Waals surface area contributed by atoms with Gasteiger partial charge in [-0.05, 0) is 25.2 Å². The number of likely N-dealkylation sites (tertiary alicyclic amines) is 1. The molecule has 0 aromatic carbocycles. The van der Waals surface area contributed by atoms with E-state index in [2.05, 4.69) is 18.1 Å². The largest absolute Gasteiger partial charge is 0.394 e. The lowest BCUT2D eigenvalue weighted by atomic mass is 9.70. The van der Waals surface area contributed by atoms with E-state index in [1.807, 2.05) is 20.8 Å². The average molecular weight is 561 g/mol. The van der Waals surface area contributed by atoms with E-state index < -0.39 is 35.6 Å². The summed E-state index contributed by atoms with van der Waals surface area (Å²) in [5, 5.41) is 10.4. The minimum absolute atomic E-state index is 0.0932. The first kappa shape index (κ1) is 30.7. The normalized spacial score (nSPS) is 30.4. The summed E-state index contributed by atoms with van der Waals surface area (Å²) in [6.45, 7) is 18.7. The van der Waals surface area contributed by atoms with Crippen molar-refractivity contribution in [3.8, 4) is 0 Å². The van der Waals surface area contributed by atoms with E-state index in [-0.39, 0.29) is 30.2 Å². The van der Waals surface area contributed by atoms with Gasteiger partial charge in [0.05, 0.1) is 43.8 Å². The average Bonchev–Trinajstić information content (AvgIpc) is 3.59. The number of carbonyl (C=O) groups excluding carboxylic acids is 3. The highest BCUT2D eigenvalue weighted by Crippen LogP contribution is 2.59. The third-order valence-electron chi connectivity index (χ3n) is 9.18. The van der Waals surface area contributed by atoms with E-state index in [0.717, 1.165) is 19.5 Å². The van der Waals surface area contributed by atoms with Crippen molar-refractivity contribution >= 4 is 17.7 Å². The SMILES string of the molecule is C=CCN(CCN1CCOCC1)C(=O)C1N([C@@H](CO)C(C)C)C(=O)[C@@H]2[C@H](C(=O)N(CC=C)CCC)[C@@H]3CCC12O3. The maximum Gasteiger partial charge on any atom is 0.248 e. The molecule has 3 amide bonds. The third-order valence-corrected chi connectivity index (χ3v) is 9.18. The van der Waals surface area contributed by atoms with Gasteiger partial charge < -0.3 is 29.3 Å². The molecule has 2 bridgehead atoms. The van der Waals surface area contributed by atoms with Gasteiger partial charge in [-0.1, -0.05) is 32.9 Å². The van der Waals surface area contributed by atoms with Crippen molar-refractivity contribution in [2.24, 2.45) is 17.8 Å². The Balaban J connectivity index is 1.70. The number of fused-ring (bicyclic) bond motifs is 1. The fraction of sp³-hybridized carbons (Fsp3) is 0.767. The first-order valence-corrected chi connectivity index (χ1v) is 15.0. The van der Waals surface area contributed by atoms with Gasteiger partial charge in [-0.2, -0.15) is 0 Å². The molecule has 10 nitrogen and oxygen atoms in total. The molecule has 2 unspecified atom stereocenters. The summed E-state index contributed by atoms with van der Waals surface area (Å²) in [5.74, 6) is -2.07. The van der Waals surface area contributed by atoms with Crippen LogP contribution in [0.15, 0.2) is 25.3 Å². The number of nitrogens with zero attached hydrogens (tertiary/aromatic N) is 4. The Morgan fingerprint density at radius 3 is 2.35 bits per heavy atom. The predicted octanol–water partition coefficient (Wildman–Crippen LogP) is 1.15. The summed E-state index contributed by atoms with van der Waals surface area (Å²) in [5.41, 5.74) is -1.09. The fourth-order valence-electron chi connectivity index (χ4n) is 7.26. The fourth-order valence-corrected chi connectivity index (χ4v) is 7.26. The quantitative estimate of drug-likeness (QED) is 0.318. The summed E-state index contributed by atoms with van der Waals surface area (Å²) in [7, 11) is 0. The van der Waals surface area contributed by atoms with E-state index in [9.17, 15) is 19.5 Å². The second-order valence-corrected chi connectivity index (χ2v) is 11.9. The molecular formula is C30H48N4O6. The van der Waals surface area contributed by atoms with Crippen LogP contribution in [0.3, 0.4) is 0 Å². The number of ether oxygens (including phenoxy) is 2. The zero-order chi connectivity index (χ0) is 29.0. The highest BCUT2D eigenvalue weighted by atomic mass is 16.5. The molecule has 0 aliphatic carbocycles. The molecule has 0 radical (unpaired) electrons. The van der Waals surface area contributed by atoms with Gasteiger partial charge in [0.2, 0.25) is 17.7 Å². The topological polar surface area (TPSA) is 103 Å². The molecule has 40 heavy (non-hydrogen) atoms. The minimum atomic E-state index is -1.09. The smallest absolute Gasteiger partial charge is 0.248 e. The number of carbonyl (C=O) groups is 3. The highest BCUT2D eigenvalue weighted by Gasteiger charge is 2.75. The summed E-state index contributed by atoms with van der Waals surface area (Å²) in [6.07, 6.45) is 4.93. The number of hydrogen-bond acceptors (Lipinski definition) is 7. The molecule has 4 saturated heterocycles. The Hall–Kier alpha value is -2.27. The summed E-state index contributed by atoms with van der Waals surface area (Å²) < 4.78 is 12.1. The lowest BCUT2D eigenvalue weighted by Crippen LogP contribution is -2.60. The van der Waals surface area contributed by atoms with Crippen LogP contribution in [-0.4, -0.2) is 132 Å². The minimum Gasteiger partial charge on any atom is -0.394 e. The van der Waals surface area contributed by atoms with Crippen LogP contribution in [0.5, 0.6) is 0 Å². The Kier molecular flexibility index (Phi) is 10.1. The Labute approximate surface area is 238 Å². The summed E-state index contributed by atoms with van der Waals surface area (Å²) in [6, 6.07) is -1.47. The zero-order valence-corrected chi connectivity index (χ0v) is 24.5. The number of aliphatic hydroxyl groups is 1. The maximum absolute atomic E-state index is 14.5. The van der Waals surface area contributed by atoms with E-state index in [4.69, 9.17) is 9.47 Å². The molecule has 0 saturated carbocycles. The second-order valence-electron chi connectivity index (χ2n) is 11.9. The van der Waals surface area contributed by atoms with Gasteiger partial charge in [0.15, 0.2) is 0 Å². The van der Waals surface area contributed by atoms with Gasteiger partial charge in [0.1, 0.15) is 11.6 Å². The van der Waals surface area contributed by atoms with Gasteiger partial charge in [0.25, 0.3) is 0 Å². The van der Waals surface area contributed by atoms with Crippen molar-refractivity contribution in [2.75, 3.05) is 65.6 Å². The number of aliphatic hydroxyl groups excluding tert-OH is 1. The van der Waals surface area contributed by atoms with Crippen LogP contribution < -0.4 is 0 Å². The van der Waals surface area contributed by atoms with Crippen molar-refractivity contribution in [2.45, 2.75) is 63.8 Å². The molecule has 0 aromatic rings. The Morgan fingerprint density at radius 2 is 1.77 bits per heavy atom. The molecule has 10 heteroatoms. The predicted molar refractivity (Wildman–Crippen MR) is 151 cm³/mol. The van der Waals surface area contributed by atoms with E-state index in [1.54, 1.807) is 26.9 Å². The number of amides is 3. The van der Waals surface area contributed by atoms with Gasteiger partial charge in [-0.25, -0.2) is 0 Å². The van der Waals surface area contributed by atoms with Crippen LogP contribution in [-0.2, 0) is 23.9 Å². The van der Waals surface area contributed by atoms with Crippen molar-refractivity contribution < 1.29 is 29.0 Å². The van der Waals surface area contributed by atoms with Gasteiger partial charge in [-0.15, -0.1) is 13.2 Å². The molecule has 0 aromatic heterocycles. The van der Waals surface area contributed by atoms with Crippen molar-refractivity contribution in [3.63, 3.8) is 0 Å². The molecule has 4 aliphatic heterocycles. The zero-order valence-electron chi connectivity index (χ0n) is 24.5. The van der Waals surface area contributed by atoms with Crippen LogP contribution >= 0.6 is 0 Å². The van der Waals surface area contributed by atoms with Gasteiger partial charge >= 0.3 is 0 Å². The first-order valence-electron chi connectivity index (χ1n) is 15.0. The molecule has 1 N–H and O–H groups in total. The lowest BCUT2D eigenvalue weighted by molar-refractivity contribution is -0.153. The molecular weight excluding hydrogens is 512 g/mol. The molecule has 1 spiro atoms. The maximum atomic E-state index is 14.5. The van der Waals surface area contributed by atoms with Crippen LogP contribution in [0.2, 0.25) is 0 Å². The molecule has 4 rings (SSSR count). The van der Waals surface area contributed by atoms with Crippen LogP contribution in [0.25, 0.3) is 0 Å². The highest BCUT2D eigenvalue weighted by molar-refractivity contribution is 5.99. The second kappa shape index (κ2) is 13.1. The third kappa shape index (κ3) is 5.47. The standard InChI is InChI=1S/C30H48N4O6/c1-6-11-32(12-7-2)27(36)24-23-9-10-30(40-23)25(24)28(37)34(22(20-35)21(4)5)26(30)29(38)33(13-8-3)15-14-31-16-18-39-19-17-31/h6,8,21-26,35H,1,3,7,9-20H2,2,4-5H3/t22-,23-,24+,25-,26?,30?/m0/s1. The van der Waals surface area contributed by atoms with Crippen molar-refractivity contribution in [1.82, 2.24) is 19.6 Å².